The molecule has 1 saturated heterocycles. The Morgan fingerprint density at radius 1 is 1.08 bits per heavy atom. The minimum Gasteiger partial charge on any atom is -0.444 e. The Hall–Kier alpha value is -3.30. The van der Waals surface area contributed by atoms with Gasteiger partial charge in [-0.15, -0.1) is 0 Å². The molecular formula is C26H37N5O5. The molecule has 0 spiro atoms. The van der Waals surface area contributed by atoms with Gasteiger partial charge in [0.05, 0.1) is 11.4 Å². The summed E-state index contributed by atoms with van der Waals surface area (Å²) in [5.74, 6) is 0.324. The third-order valence-corrected chi connectivity index (χ3v) is 6.66. The molecule has 5 amide bonds. The number of carbonyl (C=O) groups excluding carboxylic acids is 4. The van der Waals surface area contributed by atoms with Gasteiger partial charge in [-0.25, -0.2) is 9.59 Å². The second-order valence-electron chi connectivity index (χ2n) is 10.9. The highest BCUT2D eigenvalue weighted by atomic mass is 16.6. The minimum absolute atomic E-state index is 0.140. The number of amides is 5. The summed E-state index contributed by atoms with van der Waals surface area (Å²) in [4.78, 5) is 56.1. The SMILES string of the molecule is C[C@H]1CC(=O)Nc2cc(C(=O)NCCC3CC3)ccc2N1C(=O)N1CCN(C(=O)OC(C)(C)C)CC1. The molecule has 1 aliphatic carbocycles. The number of ether oxygens (including phenoxy) is 1. The van der Waals surface area contributed by atoms with E-state index in [4.69, 9.17) is 4.74 Å². The van der Waals surface area contributed by atoms with Crippen molar-refractivity contribution in [1.29, 1.82) is 0 Å². The van der Waals surface area contributed by atoms with E-state index in [1.165, 1.54) is 12.8 Å². The lowest BCUT2D eigenvalue weighted by molar-refractivity contribution is -0.116. The Morgan fingerprint density at radius 2 is 1.75 bits per heavy atom. The van der Waals surface area contributed by atoms with E-state index in [0.717, 1.165) is 12.3 Å². The Kier molecular flexibility index (Phi) is 7.42. The van der Waals surface area contributed by atoms with Crippen molar-refractivity contribution in [1.82, 2.24) is 15.1 Å². The summed E-state index contributed by atoms with van der Waals surface area (Å²) in [5.41, 5.74) is 0.863. The molecule has 2 fully saturated rings. The number of carbonyl (C=O) groups is 4. The van der Waals surface area contributed by atoms with Crippen LogP contribution >= 0.6 is 0 Å². The molecule has 1 atom stereocenters. The normalized spacial score (nSPS) is 20.3. The lowest BCUT2D eigenvalue weighted by Gasteiger charge is -2.39. The summed E-state index contributed by atoms with van der Waals surface area (Å²) in [5, 5.41) is 5.81. The molecule has 1 saturated carbocycles. The number of piperazine rings is 1. The van der Waals surface area contributed by atoms with E-state index in [0.29, 0.717) is 49.7 Å². The molecule has 36 heavy (non-hydrogen) atoms. The van der Waals surface area contributed by atoms with Gasteiger partial charge < -0.3 is 25.2 Å². The number of urea groups is 1. The van der Waals surface area contributed by atoms with E-state index in [-0.39, 0.29) is 36.4 Å². The molecule has 0 unspecified atom stereocenters. The molecule has 196 valence electrons. The van der Waals surface area contributed by atoms with Crippen LogP contribution in [0.5, 0.6) is 0 Å². The first-order valence-electron chi connectivity index (χ1n) is 12.8. The van der Waals surface area contributed by atoms with Gasteiger partial charge in [0.2, 0.25) is 5.91 Å². The first-order chi connectivity index (χ1) is 17.0. The van der Waals surface area contributed by atoms with Gasteiger partial charge in [0.15, 0.2) is 0 Å². The summed E-state index contributed by atoms with van der Waals surface area (Å²) in [6, 6.07) is 4.45. The summed E-state index contributed by atoms with van der Waals surface area (Å²) in [6.45, 7) is 9.38. The van der Waals surface area contributed by atoms with Crippen molar-refractivity contribution < 1.29 is 23.9 Å². The molecule has 1 aromatic rings. The van der Waals surface area contributed by atoms with Gasteiger partial charge in [-0.05, 0) is 58.2 Å². The number of nitrogens with zero attached hydrogens (tertiary/aromatic N) is 3. The molecule has 0 bridgehead atoms. The van der Waals surface area contributed by atoms with E-state index in [1.54, 1.807) is 32.9 Å². The lowest BCUT2D eigenvalue weighted by Crippen LogP contribution is -2.56. The number of nitrogens with one attached hydrogen (secondary N) is 2. The maximum absolute atomic E-state index is 13.6. The smallest absolute Gasteiger partial charge is 0.410 e. The van der Waals surface area contributed by atoms with Crippen molar-refractivity contribution in [2.24, 2.45) is 5.92 Å². The Balaban J connectivity index is 1.46. The van der Waals surface area contributed by atoms with Crippen LogP contribution in [-0.2, 0) is 9.53 Å². The monoisotopic (exact) mass is 499 g/mol. The molecule has 3 aliphatic rings. The maximum atomic E-state index is 13.6. The number of rotatable bonds is 4. The van der Waals surface area contributed by atoms with Crippen LogP contribution in [0.1, 0.15) is 63.7 Å². The quantitative estimate of drug-likeness (QED) is 0.659. The fraction of sp³-hybridized carbons (Fsp3) is 0.615. The Morgan fingerprint density at radius 3 is 2.39 bits per heavy atom. The number of hydrogen-bond donors (Lipinski definition) is 2. The second kappa shape index (κ2) is 10.4. The topological polar surface area (TPSA) is 111 Å². The highest BCUT2D eigenvalue weighted by Gasteiger charge is 2.35. The molecule has 0 radical (unpaired) electrons. The number of anilines is 2. The third-order valence-electron chi connectivity index (χ3n) is 6.66. The standard InChI is InChI=1S/C26H37N5O5/c1-17-15-22(32)28-20-16-19(23(33)27-10-9-18-5-6-18)7-8-21(20)31(17)24(34)29-11-13-30(14-12-29)25(35)36-26(2,3)4/h7-8,16-18H,5-6,9-15H2,1-4H3,(H,27,33)(H,28,32)/t17-/m0/s1. The van der Waals surface area contributed by atoms with E-state index in [2.05, 4.69) is 10.6 Å². The van der Waals surface area contributed by atoms with Gasteiger partial charge in [0.1, 0.15) is 5.60 Å². The summed E-state index contributed by atoms with van der Waals surface area (Å²) in [7, 11) is 0. The molecule has 2 heterocycles. The van der Waals surface area contributed by atoms with Crippen LogP contribution in [0.25, 0.3) is 0 Å². The molecular weight excluding hydrogens is 462 g/mol. The van der Waals surface area contributed by atoms with Gasteiger partial charge >= 0.3 is 12.1 Å². The van der Waals surface area contributed by atoms with Gasteiger partial charge in [-0.3, -0.25) is 14.5 Å². The zero-order valence-electron chi connectivity index (χ0n) is 21.6. The van der Waals surface area contributed by atoms with E-state index >= 15 is 0 Å². The highest BCUT2D eigenvalue weighted by Crippen LogP contribution is 2.34. The molecule has 1 aromatic carbocycles. The molecule has 4 rings (SSSR count). The van der Waals surface area contributed by atoms with Crippen molar-refractivity contribution in [3.05, 3.63) is 23.8 Å². The fourth-order valence-corrected chi connectivity index (χ4v) is 4.53. The van der Waals surface area contributed by atoms with E-state index in [9.17, 15) is 19.2 Å². The van der Waals surface area contributed by atoms with Crippen LogP contribution in [-0.4, -0.2) is 78.1 Å². The van der Waals surface area contributed by atoms with Gasteiger partial charge in [-0.1, -0.05) is 12.8 Å². The van der Waals surface area contributed by atoms with Gasteiger partial charge in [0.25, 0.3) is 5.91 Å². The van der Waals surface area contributed by atoms with Crippen LogP contribution in [0.4, 0.5) is 21.0 Å². The van der Waals surface area contributed by atoms with Crippen molar-refractivity contribution in [2.45, 2.75) is 65.0 Å². The van der Waals surface area contributed by atoms with E-state index in [1.807, 2.05) is 27.7 Å². The number of hydrogen-bond acceptors (Lipinski definition) is 5. The summed E-state index contributed by atoms with van der Waals surface area (Å²) < 4.78 is 5.45. The van der Waals surface area contributed by atoms with E-state index < -0.39 is 5.60 Å². The largest absolute Gasteiger partial charge is 0.444 e. The van der Waals surface area contributed by atoms with Crippen LogP contribution < -0.4 is 15.5 Å². The third kappa shape index (κ3) is 6.27. The molecule has 2 N–H and O–H groups in total. The molecule has 10 heteroatoms. The first kappa shape index (κ1) is 25.8. The number of benzene rings is 1. The Labute approximate surface area is 212 Å². The maximum Gasteiger partial charge on any atom is 0.410 e. The molecule has 2 aliphatic heterocycles. The summed E-state index contributed by atoms with van der Waals surface area (Å²) in [6.07, 6.45) is 3.20. The zero-order chi connectivity index (χ0) is 26.0. The predicted octanol–water partition coefficient (Wildman–Crippen LogP) is 3.43. The fourth-order valence-electron chi connectivity index (χ4n) is 4.53. The first-order valence-corrected chi connectivity index (χ1v) is 12.8. The van der Waals surface area contributed by atoms with Crippen molar-refractivity contribution in [2.75, 3.05) is 42.9 Å². The van der Waals surface area contributed by atoms with Crippen molar-refractivity contribution in [3.8, 4) is 0 Å². The predicted molar refractivity (Wildman–Crippen MR) is 136 cm³/mol. The molecule has 10 nitrogen and oxygen atoms in total. The van der Waals surface area contributed by atoms with Gasteiger partial charge in [-0.2, -0.15) is 0 Å². The van der Waals surface area contributed by atoms with Crippen LogP contribution in [0.2, 0.25) is 0 Å². The van der Waals surface area contributed by atoms with Crippen LogP contribution in [0.15, 0.2) is 18.2 Å². The minimum atomic E-state index is -0.582. The second-order valence-corrected chi connectivity index (χ2v) is 10.9. The lowest BCUT2D eigenvalue weighted by atomic mass is 10.1. The molecule has 0 aromatic heterocycles. The average Bonchev–Trinajstić information content (AvgIpc) is 3.64. The number of fused-ring (bicyclic) bond motifs is 1. The Bertz CT molecular complexity index is 1020. The van der Waals surface area contributed by atoms with Crippen molar-refractivity contribution >= 4 is 35.3 Å². The van der Waals surface area contributed by atoms with Crippen LogP contribution in [0, 0.1) is 5.92 Å². The average molecular weight is 500 g/mol. The highest BCUT2D eigenvalue weighted by molar-refractivity contribution is 6.06. The van der Waals surface area contributed by atoms with Gasteiger partial charge in [0, 0.05) is 50.7 Å². The van der Waals surface area contributed by atoms with Crippen molar-refractivity contribution in [3.63, 3.8) is 0 Å². The summed E-state index contributed by atoms with van der Waals surface area (Å²) >= 11 is 0. The van der Waals surface area contributed by atoms with Crippen LogP contribution in [0.3, 0.4) is 0 Å². The zero-order valence-corrected chi connectivity index (χ0v) is 21.6.